The molecule has 0 bridgehead atoms. The predicted molar refractivity (Wildman–Crippen MR) is 104 cm³/mol. The fraction of sp³-hybridized carbons (Fsp3) is 0.111. The zero-order chi connectivity index (χ0) is 20.3. The predicted octanol–water partition coefficient (Wildman–Crippen LogP) is 3.75. The molecule has 10 heteroatoms. The second kappa shape index (κ2) is 7.66. The van der Waals surface area contributed by atoms with Crippen molar-refractivity contribution < 1.29 is 9.85 Å². The molecule has 3 aromatic rings. The highest BCUT2D eigenvalue weighted by atomic mass is 16.6. The molecule has 28 heavy (non-hydrogen) atoms. The number of pyridine rings is 1. The van der Waals surface area contributed by atoms with Gasteiger partial charge in [0.25, 0.3) is 5.69 Å². The summed E-state index contributed by atoms with van der Waals surface area (Å²) in [7, 11) is 0. The Bertz CT molecular complexity index is 1070. The number of hydrazone groups is 1. The molecule has 0 radical (unpaired) electrons. The first-order valence-electron chi connectivity index (χ1n) is 8.20. The van der Waals surface area contributed by atoms with E-state index < -0.39 is 9.85 Å². The highest BCUT2D eigenvalue weighted by Gasteiger charge is 2.14. The van der Waals surface area contributed by atoms with Gasteiger partial charge in [-0.25, -0.2) is 4.98 Å². The van der Waals surface area contributed by atoms with Crippen LogP contribution in [-0.4, -0.2) is 25.6 Å². The molecule has 10 nitrogen and oxygen atoms in total. The van der Waals surface area contributed by atoms with Crippen LogP contribution in [0.1, 0.15) is 17.0 Å². The quantitative estimate of drug-likeness (QED) is 0.394. The lowest BCUT2D eigenvalue weighted by Crippen LogP contribution is -2.01. The number of nitrogens with one attached hydrogen (secondary N) is 1. The van der Waals surface area contributed by atoms with Crippen molar-refractivity contribution in [3.05, 3.63) is 85.8 Å². The largest absolute Gasteiger partial charge is 0.318 e. The number of aryl methyl sites for hydroxylation is 1. The van der Waals surface area contributed by atoms with Gasteiger partial charge < -0.3 is 4.57 Å². The number of hydrogen-bond donors (Lipinski definition) is 1. The Hall–Kier alpha value is -4.08. The van der Waals surface area contributed by atoms with Crippen LogP contribution < -0.4 is 5.43 Å². The number of nitro benzene ring substituents is 1. The molecule has 0 unspecified atom stereocenters. The van der Waals surface area contributed by atoms with Crippen molar-refractivity contribution in [1.29, 1.82) is 0 Å². The minimum absolute atomic E-state index is 0.0224. The van der Waals surface area contributed by atoms with Crippen LogP contribution in [0.5, 0.6) is 0 Å². The summed E-state index contributed by atoms with van der Waals surface area (Å²) in [5.74, 6) is 0.0490. The van der Waals surface area contributed by atoms with E-state index in [1.807, 2.05) is 24.5 Å². The highest BCUT2D eigenvalue weighted by Crippen LogP contribution is 2.23. The average molecular weight is 380 g/mol. The van der Waals surface area contributed by atoms with Crippen LogP contribution in [-0.2, 0) is 0 Å². The molecule has 0 saturated heterocycles. The van der Waals surface area contributed by atoms with Gasteiger partial charge in [-0.05, 0) is 38.1 Å². The summed E-state index contributed by atoms with van der Waals surface area (Å²) in [6.45, 7) is 3.79. The maximum atomic E-state index is 11.0. The molecule has 2 heterocycles. The third kappa shape index (κ3) is 3.70. The van der Waals surface area contributed by atoms with Crippen molar-refractivity contribution in [1.82, 2.24) is 9.55 Å². The Morgan fingerprint density at radius 3 is 2.46 bits per heavy atom. The maximum absolute atomic E-state index is 11.0. The number of nitrogens with zero attached hydrogens (tertiary/aromatic N) is 5. The normalized spacial score (nSPS) is 10.9. The number of aromatic nitrogens is 2. The summed E-state index contributed by atoms with van der Waals surface area (Å²) in [6, 6.07) is 11.0. The van der Waals surface area contributed by atoms with Crippen LogP contribution in [0.2, 0.25) is 0 Å². The minimum atomic E-state index is -0.536. The molecule has 0 atom stereocenters. The van der Waals surface area contributed by atoms with E-state index in [0.29, 0.717) is 0 Å². The van der Waals surface area contributed by atoms with Crippen LogP contribution in [0.25, 0.3) is 5.69 Å². The van der Waals surface area contributed by atoms with Gasteiger partial charge in [0.15, 0.2) is 0 Å². The number of benzene rings is 1. The fourth-order valence-corrected chi connectivity index (χ4v) is 2.83. The van der Waals surface area contributed by atoms with Gasteiger partial charge in [-0.15, -0.1) is 0 Å². The number of hydrogen-bond acceptors (Lipinski definition) is 7. The fourth-order valence-electron chi connectivity index (χ4n) is 2.83. The molecule has 0 fully saturated rings. The number of non-ortho nitro benzene ring substituents is 1. The Labute approximate surface area is 159 Å². The van der Waals surface area contributed by atoms with Gasteiger partial charge in [-0.3, -0.25) is 25.7 Å². The van der Waals surface area contributed by atoms with Crippen molar-refractivity contribution >= 4 is 23.4 Å². The summed E-state index contributed by atoms with van der Waals surface area (Å²) in [5.41, 5.74) is 5.80. The van der Waals surface area contributed by atoms with E-state index in [-0.39, 0.29) is 17.2 Å². The first-order chi connectivity index (χ1) is 13.4. The first kappa shape index (κ1) is 18.7. The van der Waals surface area contributed by atoms with Crippen molar-refractivity contribution in [2.45, 2.75) is 13.8 Å². The van der Waals surface area contributed by atoms with E-state index in [4.69, 9.17) is 0 Å². The Balaban J connectivity index is 1.85. The average Bonchev–Trinajstić information content (AvgIpc) is 2.95. The zero-order valence-corrected chi connectivity index (χ0v) is 15.1. The Kier molecular flexibility index (Phi) is 5.12. The van der Waals surface area contributed by atoms with E-state index in [9.17, 15) is 20.2 Å². The van der Waals surface area contributed by atoms with Gasteiger partial charge in [-0.1, -0.05) is 0 Å². The van der Waals surface area contributed by atoms with E-state index in [1.54, 1.807) is 18.3 Å². The van der Waals surface area contributed by atoms with Crippen LogP contribution >= 0.6 is 0 Å². The molecule has 1 N–H and O–H groups in total. The monoisotopic (exact) mass is 380 g/mol. The van der Waals surface area contributed by atoms with Gasteiger partial charge in [0.2, 0.25) is 5.82 Å². The lowest BCUT2D eigenvalue weighted by molar-refractivity contribution is -0.384. The van der Waals surface area contributed by atoms with Gasteiger partial charge in [-0.2, -0.15) is 5.10 Å². The molecule has 0 spiro atoms. The summed E-state index contributed by atoms with van der Waals surface area (Å²) >= 11 is 0. The van der Waals surface area contributed by atoms with E-state index >= 15 is 0 Å². The zero-order valence-electron chi connectivity index (χ0n) is 15.1. The third-order valence-electron chi connectivity index (χ3n) is 4.15. The van der Waals surface area contributed by atoms with E-state index in [1.165, 1.54) is 30.5 Å². The molecular formula is C18H16N6O4. The van der Waals surface area contributed by atoms with Crippen LogP contribution in [0.15, 0.2) is 53.8 Å². The van der Waals surface area contributed by atoms with E-state index in [2.05, 4.69) is 15.5 Å². The standard InChI is InChI=1S/C18H16N6O4/c1-12-10-14(11-20-21-18-17(24(27)28)4-3-9-19-18)13(2)22(12)15-5-7-16(8-6-15)23(25)26/h3-11H,1-2H3,(H,19,21)/b20-11+. The molecule has 0 amide bonds. The lowest BCUT2D eigenvalue weighted by atomic mass is 10.2. The molecule has 142 valence electrons. The summed E-state index contributed by atoms with van der Waals surface area (Å²) < 4.78 is 1.94. The Morgan fingerprint density at radius 1 is 1.11 bits per heavy atom. The van der Waals surface area contributed by atoms with Crippen molar-refractivity contribution in [3.8, 4) is 5.69 Å². The highest BCUT2D eigenvalue weighted by molar-refractivity contribution is 5.83. The first-order valence-corrected chi connectivity index (χ1v) is 8.20. The van der Waals surface area contributed by atoms with Gasteiger partial charge in [0, 0.05) is 47.0 Å². The molecule has 3 rings (SSSR count). The number of anilines is 1. The Morgan fingerprint density at radius 2 is 1.82 bits per heavy atom. The van der Waals surface area contributed by atoms with E-state index in [0.717, 1.165) is 22.6 Å². The van der Waals surface area contributed by atoms with Gasteiger partial charge in [0.1, 0.15) is 0 Å². The smallest absolute Gasteiger partial charge is 0.313 e. The second-order valence-corrected chi connectivity index (χ2v) is 5.93. The summed E-state index contributed by atoms with van der Waals surface area (Å²) in [6.07, 6.45) is 2.98. The van der Waals surface area contributed by atoms with Crippen LogP contribution in [0.3, 0.4) is 0 Å². The second-order valence-electron chi connectivity index (χ2n) is 5.93. The third-order valence-corrected chi connectivity index (χ3v) is 4.15. The molecular weight excluding hydrogens is 364 g/mol. The van der Waals surface area contributed by atoms with Gasteiger partial charge >= 0.3 is 5.69 Å². The molecule has 0 saturated carbocycles. The summed E-state index contributed by atoms with van der Waals surface area (Å²) in [4.78, 5) is 24.8. The van der Waals surface area contributed by atoms with Crippen molar-refractivity contribution in [3.63, 3.8) is 0 Å². The summed E-state index contributed by atoms with van der Waals surface area (Å²) in [5, 5.41) is 25.9. The van der Waals surface area contributed by atoms with Crippen LogP contribution in [0.4, 0.5) is 17.2 Å². The molecule has 0 aliphatic carbocycles. The molecule has 0 aliphatic heterocycles. The molecule has 0 aliphatic rings. The number of rotatable bonds is 6. The SMILES string of the molecule is Cc1cc(/C=N/Nc2ncccc2[N+](=O)[O-])c(C)n1-c1ccc([N+](=O)[O-])cc1. The van der Waals surface area contributed by atoms with Gasteiger partial charge in [0.05, 0.1) is 16.1 Å². The number of nitro groups is 2. The topological polar surface area (TPSA) is 128 Å². The lowest BCUT2D eigenvalue weighted by Gasteiger charge is -2.09. The minimum Gasteiger partial charge on any atom is -0.318 e. The molecule has 2 aromatic heterocycles. The maximum Gasteiger partial charge on any atom is 0.313 e. The van der Waals surface area contributed by atoms with Crippen molar-refractivity contribution in [2.24, 2.45) is 5.10 Å². The van der Waals surface area contributed by atoms with Crippen molar-refractivity contribution in [2.75, 3.05) is 5.43 Å². The molecule has 1 aromatic carbocycles. The van der Waals surface area contributed by atoms with Crippen LogP contribution in [0, 0.1) is 34.1 Å².